The molecule has 0 fully saturated rings. The van der Waals surface area contributed by atoms with E-state index in [-0.39, 0.29) is 17.2 Å². The van der Waals surface area contributed by atoms with Gasteiger partial charge in [-0.25, -0.2) is 4.39 Å². The minimum absolute atomic E-state index is 0.0581. The summed E-state index contributed by atoms with van der Waals surface area (Å²) in [6.45, 7) is 1.56. The normalized spacial score (nSPS) is 11.4. The fourth-order valence-electron chi connectivity index (χ4n) is 1.86. The number of carbonyl (C=O) groups is 1. The van der Waals surface area contributed by atoms with E-state index in [0.717, 1.165) is 0 Å². The van der Waals surface area contributed by atoms with Gasteiger partial charge in [-0.1, -0.05) is 42.5 Å². The Bertz CT molecular complexity index is 756. The van der Waals surface area contributed by atoms with Gasteiger partial charge >= 0.3 is 0 Å². The number of benzene rings is 2. The summed E-state index contributed by atoms with van der Waals surface area (Å²) in [4.78, 5) is 12.1. The third kappa shape index (κ3) is 4.16. The summed E-state index contributed by atoms with van der Waals surface area (Å²) in [6.07, 6.45) is 0. The van der Waals surface area contributed by atoms with Crippen LogP contribution < -0.4 is 16.4 Å². The highest BCUT2D eigenvalue weighted by Gasteiger charge is 2.13. The maximum atomic E-state index is 13.6. The van der Waals surface area contributed by atoms with Crippen molar-refractivity contribution in [1.29, 1.82) is 5.41 Å². The third-order valence-corrected chi connectivity index (χ3v) is 3.15. The van der Waals surface area contributed by atoms with E-state index in [1.807, 2.05) is 6.07 Å². The molecule has 0 saturated heterocycles. The highest BCUT2D eigenvalue weighted by molar-refractivity contribution is 6.11. The van der Waals surface area contributed by atoms with Crippen LogP contribution in [0.2, 0.25) is 0 Å². The van der Waals surface area contributed by atoms with E-state index in [0.29, 0.717) is 11.3 Å². The maximum absolute atomic E-state index is 13.6. The van der Waals surface area contributed by atoms with Crippen molar-refractivity contribution in [3.8, 4) is 0 Å². The largest absolute Gasteiger partial charge is 0.393 e. The SMILES string of the molecule is C/C(Nc1ccccc1F)=C(/N)C(=O)NC(=N)c1ccccc1. The number of halogens is 1. The number of anilines is 1. The quantitative estimate of drug-likeness (QED) is 0.397. The van der Waals surface area contributed by atoms with E-state index in [4.69, 9.17) is 11.1 Å². The summed E-state index contributed by atoms with van der Waals surface area (Å²) in [5, 5.41) is 13.0. The molecule has 2 rings (SSSR count). The van der Waals surface area contributed by atoms with Crippen molar-refractivity contribution in [1.82, 2.24) is 5.32 Å². The smallest absolute Gasteiger partial charge is 0.274 e. The van der Waals surface area contributed by atoms with Crippen LogP contribution in [0.4, 0.5) is 10.1 Å². The lowest BCUT2D eigenvalue weighted by molar-refractivity contribution is -0.116. The van der Waals surface area contributed by atoms with Gasteiger partial charge in [-0.3, -0.25) is 10.2 Å². The average molecular weight is 312 g/mol. The molecule has 0 unspecified atom stereocenters. The summed E-state index contributed by atoms with van der Waals surface area (Å²) < 4.78 is 13.6. The number of amidine groups is 1. The van der Waals surface area contributed by atoms with Gasteiger partial charge in [-0.2, -0.15) is 0 Å². The second-order valence-corrected chi connectivity index (χ2v) is 4.84. The van der Waals surface area contributed by atoms with Crippen molar-refractivity contribution in [2.45, 2.75) is 6.92 Å². The van der Waals surface area contributed by atoms with E-state index in [2.05, 4.69) is 10.6 Å². The highest BCUT2D eigenvalue weighted by atomic mass is 19.1. The molecule has 23 heavy (non-hydrogen) atoms. The third-order valence-electron chi connectivity index (χ3n) is 3.15. The highest BCUT2D eigenvalue weighted by Crippen LogP contribution is 2.15. The Hall–Kier alpha value is -3.15. The molecule has 0 aromatic heterocycles. The van der Waals surface area contributed by atoms with Gasteiger partial charge in [0.1, 0.15) is 17.3 Å². The molecule has 2 aromatic carbocycles. The number of rotatable bonds is 4. The van der Waals surface area contributed by atoms with Crippen LogP contribution in [0.25, 0.3) is 0 Å². The summed E-state index contributed by atoms with van der Waals surface area (Å²) in [5.74, 6) is -1.13. The van der Waals surface area contributed by atoms with Crippen LogP contribution >= 0.6 is 0 Å². The minimum atomic E-state index is -0.625. The summed E-state index contributed by atoms with van der Waals surface area (Å²) in [7, 11) is 0. The van der Waals surface area contributed by atoms with Gasteiger partial charge in [0.2, 0.25) is 0 Å². The van der Waals surface area contributed by atoms with Gasteiger partial charge < -0.3 is 16.4 Å². The van der Waals surface area contributed by atoms with Crippen LogP contribution in [0.15, 0.2) is 66.0 Å². The van der Waals surface area contributed by atoms with Crippen LogP contribution in [0.1, 0.15) is 12.5 Å². The lowest BCUT2D eigenvalue weighted by Crippen LogP contribution is -2.35. The van der Waals surface area contributed by atoms with Crippen molar-refractivity contribution in [3.63, 3.8) is 0 Å². The van der Waals surface area contributed by atoms with Crippen LogP contribution in [0.3, 0.4) is 0 Å². The Morgan fingerprint density at radius 3 is 2.35 bits per heavy atom. The molecule has 0 spiro atoms. The molecule has 0 saturated carbocycles. The monoisotopic (exact) mass is 312 g/mol. The van der Waals surface area contributed by atoms with Crippen molar-refractivity contribution in [3.05, 3.63) is 77.4 Å². The molecule has 0 atom stereocenters. The Morgan fingerprint density at radius 2 is 1.70 bits per heavy atom. The number of allylic oxidation sites excluding steroid dienone is 1. The van der Waals surface area contributed by atoms with Gasteiger partial charge in [0, 0.05) is 11.3 Å². The summed E-state index contributed by atoms with van der Waals surface area (Å²) >= 11 is 0. The average Bonchev–Trinajstić information content (AvgIpc) is 2.56. The lowest BCUT2D eigenvalue weighted by atomic mass is 10.2. The van der Waals surface area contributed by atoms with E-state index >= 15 is 0 Å². The molecule has 6 heteroatoms. The summed E-state index contributed by atoms with van der Waals surface area (Å²) in [5.41, 5.74) is 6.74. The molecule has 1 amide bonds. The van der Waals surface area contributed by atoms with Crippen LogP contribution in [0, 0.1) is 11.2 Å². The molecule has 0 bridgehead atoms. The van der Waals surface area contributed by atoms with E-state index in [1.54, 1.807) is 43.3 Å². The van der Waals surface area contributed by atoms with Crippen LogP contribution in [-0.4, -0.2) is 11.7 Å². The minimum Gasteiger partial charge on any atom is -0.393 e. The first kappa shape index (κ1) is 16.2. The number of amides is 1. The number of nitrogens with two attached hydrogens (primary N) is 1. The van der Waals surface area contributed by atoms with Crippen molar-refractivity contribution >= 4 is 17.4 Å². The van der Waals surface area contributed by atoms with Gasteiger partial charge in [0.15, 0.2) is 0 Å². The second-order valence-electron chi connectivity index (χ2n) is 4.84. The van der Waals surface area contributed by atoms with E-state index in [1.165, 1.54) is 12.1 Å². The molecule has 5 N–H and O–H groups in total. The first-order valence-corrected chi connectivity index (χ1v) is 6.92. The molecule has 118 valence electrons. The zero-order chi connectivity index (χ0) is 16.8. The van der Waals surface area contributed by atoms with E-state index < -0.39 is 11.7 Å². The Balaban J connectivity index is 2.09. The second kappa shape index (κ2) is 7.22. The van der Waals surface area contributed by atoms with Crippen LogP contribution in [-0.2, 0) is 4.79 Å². The molecular weight excluding hydrogens is 295 g/mol. The number of hydrogen-bond acceptors (Lipinski definition) is 4. The Labute approximate surface area is 133 Å². The molecule has 5 nitrogen and oxygen atoms in total. The van der Waals surface area contributed by atoms with Gasteiger partial charge in [-0.15, -0.1) is 0 Å². The molecule has 2 aromatic rings. The first-order valence-electron chi connectivity index (χ1n) is 6.92. The molecule has 0 heterocycles. The fraction of sp³-hybridized carbons (Fsp3) is 0.0588. The summed E-state index contributed by atoms with van der Waals surface area (Å²) in [6, 6.07) is 14.8. The zero-order valence-electron chi connectivity index (χ0n) is 12.6. The van der Waals surface area contributed by atoms with Gasteiger partial charge in [0.25, 0.3) is 5.91 Å². The lowest BCUT2D eigenvalue weighted by Gasteiger charge is -2.12. The predicted molar refractivity (Wildman–Crippen MR) is 88.3 cm³/mol. The molecule has 0 aliphatic rings. The topological polar surface area (TPSA) is 91.0 Å². The number of nitrogens with one attached hydrogen (secondary N) is 3. The first-order chi connectivity index (χ1) is 11.0. The number of carbonyl (C=O) groups excluding carboxylic acids is 1. The van der Waals surface area contributed by atoms with Crippen molar-refractivity contribution < 1.29 is 9.18 Å². The standard InChI is InChI=1S/C17H17FN4O/c1-11(21-14-10-6-5-9-13(14)18)15(19)17(23)22-16(20)12-7-3-2-4-8-12/h2-10,21H,19H2,1H3,(H2,20,22,23)/b15-11-. The Kier molecular flexibility index (Phi) is 5.09. The van der Waals surface area contributed by atoms with Gasteiger partial charge in [-0.05, 0) is 19.1 Å². The Morgan fingerprint density at radius 1 is 1.09 bits per heavy atom. The maximum Gasteiger partial charge on any atom is 0.274 e. The van der Waals surface area contributed by atoms with Crippen molar-refractivity contribution in [2.75, 3.05) is 5.32 Å². The van der Waals surface area contributed by atoms with E-state index in [9.17, 15) is 9.18 Å². The predicted octanol–water partition coefficient (Wildman–Crippen LogP) is 2.57. The zero-order valence-corrected chi connectivity index (χ0v) is 12.6. The fourth-order valence-corrected chi connectivity index (χ4v) is 1.86. The van der Waals surface area contributed by atoms with Gasteiger partial charge in [0.05, 0.1) is 5.69 Å². The molecule has 0 aliphatic heterocycles. The molecule has 0 aliphatic carbocycles. The van der Waals surface area contributed by atoms with Crippen LogP contribution in [0.5, 0.6) is 0 Å². The number of hydrogen-bond donors (Lipinski definition) is 4. The molecular formula is C17H17FN4O. The molecule has 0 radical (unpaired) electrons. The van der Waals surface area contributed by atoms with Crippen molar-refractivity contribution in [2.24, 2.45) is 5.73 Å². The number of para-hydroxylation sites is 1.